The van der Waals surface area contributed by atoms with Crippen LogP contribution in [0.25, 0.3) is 11.1 Å². The van der Waals surface area contributed by atoms with Gasteiger partial charge in [-0.25, -0.2) is 0 Å². The van der Waals surface area contributed by atoms with E-state index in [1.54, 1.807) is 35.5 Å². The number of thioether (sulfide) groups is 1. The minimum Gasteiger partial charge on any atom is -0.337 e. The average molecular weight is 382 g/mol. The standard InChI is InChI=1S/C20H19N3OS2/c1-4-23-17(12-14-7-9-21-10-8-14)26-18(19(23)24)20-22(3)15-6-5-13(2)11-16(15)25-20/h5-12H,4H2,1-3H3/b17-12-,20-18+. The zero-order chi connectivity index (χ0) is 18.3. The van der Waals surface area contributed by atoms with Crippen LogP contribution in [0.2, 0.25) is 0 Å². The van der Waals surface area contributed by atoms with E-state index < -0.39 is 0 Å². The molecule has 0 radical (unpaired) electrons. The maximum absolute atomic E-state index is 13.0. The lowest BCUT2D eigenvalue weighted by Gasteiger charge is -2.12. The van der Waals surface area contributed by atoms with Gasteiger partial charge >= 0.3 is 0 Å². The molecule has 1 aromatic carbocycles. The van der Waals surface area contributed by atoms with Gasteiger partial charge in [0.15, 0.2) is 0 Å². The number of aromatic nitrogens is 2. The fourth-order valence-corrected chi connectivity index (χ4v) is 5.61. The summed E-state index contributed by atoms with van der Waals surface area (Å²) in [4.78, 5) is 20.4. The lowest BCUT2D eigenvalue weighted by atomic mass is 10.2. The Balaban J connectivity index is 1.93. The van der Waals surface area contributed by atoms with E-state index in [1.807, 2.05) is 30.7 Å². The van der Waals surface area contributed by atoms with Crippen molar-refractivity contribution < 1.29 is 0 Å². The lowest BCUT2D eigenvalue weighted by molar-refractivity contribution is 0.722. The number of fused-ring (bicyclic) bond motifs is 1. The maximum Gasteiger partial charge on any atom is 0.271 e. The summed E-state index contributed by atoms with van der Waals surface area (Å²) in [5.41, 5.74) is 3.52. The SMILES string of the molecule is CCn1c(=O)/c(=C2\Sc3cc(C)ccc3N2C)s/c1=C\c1ccncc1. The summed E-state index contributed by atoms with van der Waals surface area (Å²) in [7, 11) is 2.03. The summed E-state index contributed by atoms with van der Waals surface area (Å²) in [5, 5.41) is 1.01. The summed E-state index contributed by atoms with van der Waals surface area (Å²) in [6.45, 7) is 4.76. The van der Waals surface area contributed by atoms with Crippen molar-refractivity contribution in [3.05, 3.63) is 73.4 Å². The van der Waals surface area contributed by atoms with Crippen molar-refractivity contribution >= 4 is 39.9 Å². The van der Waals surface area contributed by atoms with Gasteiger partial charge in [0.05, 0.1) is 10.4 Å². The molecule has 3 aromatic rings. The van der Waals surface area contributed by atoms with E-state index >= 15 is 0 Å². The van der Waals surface area contributed by atoms with Crippen LogP contribution in [0.5, 0.6) is 0 Å². The summed E-state index contributed by atoms with van der Waals surface area (Å²) < 4.78 is 3.61. The highest BCUT2D eigenvalue weighted by atomic mass is 32.2. The molecule has 0 saturated heterocycles. The zero-order valence-electron chi connectivity index (χ0n) is 14.9. The molecular formula is C20H19N3OS2. The van der Waals surface area contributed by atoms with E-state index in [0.717, 1.165) is 25.5 Å². The van der Waals surface area contributed by atoms with Crippen molar-refractivity contribution in [3.8, 4) is 0 Å². The molecular weight excluding hydrogens is 362 g/mol. The zero-order valence-corrected chi connectivity index (χ0v) is 16.5. The predicted octanol–water partition coefficient (Wildman–Crippen LogP) is 2.77. The Bertz CT molecular complexity index is 1150. The molecule has 2 aromatic heterocycles. The molecule has 0 atom stereocenters. The number of rotatable bonds is 2. The summed E-state index contributed by atoms with van der Waals surface area (Å²) >= 11 is 3.24. The van der Waals surface area contributed by atoms with Crippen molar-refractivity contribution in [2.24, 2.45) is 0 Å². The number of pyridine rings is 1. The van der Waals surface area contributed by atoms with Gasteiger partial charge in [-0.1, -0.05) is 17.8 Å². The van der Waals surface area contributed by atoms with Crippen molar-refractivity contribution in [3.63, 3.8) is 0 Å². The number of thiazole rings is 1. The molecule has 26 heavy (non-hydrogen) atoms. The fourth-order valence-electron chi connectivity index (χ4n) is 3.03. The van der Waals surface area contributed by atoms with E-state index in [0.29, 0.717) is 6.54 Å². The highest BCUT2D eigenvalue weighted by Gasteiger charge is 2.24. The molecule has 0 bridgehead atoms. The van der Waals surface area contributed by atoms with Crippen LogP contribution < -0.4 is 19.7 Å². The fraction of sp³-hybridized carbons (Fsp3) is 0.200. The molecule has 6 heteroatoms. The Hall–Kier alpha value is -2.31. The van der Waals surface area contributed by atoms with E-state index in [-0.39, 0.29) is 5.56 Å². The van der Waals surface area contributed by atoms with Crippen LogP contribution in [0.3, 0.4) is 0 Å². The Morgan fingerprint density at radius 2 is 1.96 bits per heavy atom. The smallest absolute Gasteiger partial charge is 0.271 e. The van der Waals surface area contributed by atoms with Crippen LogP contribution in [0.4, 0.5) is 5.69 Å². The third-order valence-corrected chi connectivity index (χ3v) is 6.87. The van der Waals surface area contributed by atoms with Gasteiger partial charge in [0.2, 0.25) is 0 Å². The third kappa shape index (κ3) is 2.89. The highest BCUT2D eigenvalue weighted by Crippen LogP contribution is 2.45. The number of nitrogens with zero attached hydrogens (tertiary/aromatic N) is 3. The minimum atomic E-state index is 0.0803. The predicted molar refractivity (Wildman–Crippen MR) is 110 cm³/mol. The Labute approximate surface area is 160 Å². The monoisotopic (exact) mass is 381 g/mol. The molecule has 1 aliphatic rings. The van der Waals surface area contributed by atoms with E-state index in [9.17, 15) is 4.79 Å². The minimum absolute atomic E-state index is 0.0803. The Morgan fingerprint density at radius 3 is 2.69 bits per heavy atom. The third-order valence-electron chi connectivity index (χ3n) is 4.41. The first-order valence-electron chi connectivity index (χ1n) is 8.46. The van der Waals surface area contributed by atoms with Gasteiger partial charge < -0.3 is 4.90 Å². The van der Waals surface area contributed by atoms with Gasteiger partial charge in [-0.15, -0.1) is 11.3 Å². The number of aryl methyl sites for hydroxylation is 1. The average Bonchev–Trinajstić information content (AvgIpc) is 3.12. The Kier molecular flexibility index (Phi) is 4.46. The first kappa shape index (κ1) is 17.1. The number of benzene rings is 1. The van der Waals surface area contributed by atoms with E-state index in [2.05, 4.69) is 41.1 Å². The van der Waals surface area contributed by atoms with Gasteiger partial charge in [-0.05, 0) is 55.3 Å². The molecule has 4 rings (SSSR count). The van der Waals surface area contributed by atoms with Gasteiger partial charge in [0.25, 0.3) is 5.56 Å². The van der Waals surface area contributed by atoms with Crippen LogP contribution in [0.1, 0.15) is 18.1 Å². The molecule has 4 nitrogen and oxygen atoms in total. The molecule has 0 amide bonds. The molecule has 0 unspecified atom stereocenters. The lowest BCUT2D eigenvalue weighted by Crippen LogP contribution is -2.33. The molecule has 0 aliphatic carbocycles. The van der Waals surface area contributed by atoms with E-state index in [1.165, 1.54) is 10.5 Å². The summed E-state index contributed by atoms with van der Waals surface area (Å²) in [6, 6.07) is 10.3. The highest BCUT2D eigenvalue weighted by molar-refractivity contribution is 8.08. The van der Waals surface area contributed by atoms with Crippen molar-refractivity contribution in [1.82, 2.24) is 9.55 Å². The van der Waals surface area contributed by atoms with Gasteiger partial charge in [-0.3, -0.25) is 14.3 Å². The Morgan fingerprint density at radius 1 is 1.19 bits per heavy atom. The number of anilines is 1. The molecule has 0 N–H and O–H groups in total. The molecule has 3 heterocycles. The first-order valence-corrected chi connectivity index (χ1v) is 10.1. The summed E-state index contributed by atoms with van der Waals surface area (Å²) in [5.74, 6) is 0. The molecule has 132 valence electrons. The maximum atomic E-state index is 13.0. The van der Waals surface area contributed by atoms with Crippen LogP contribution >= 0.6 is 23.1 Å². The van der Waals surface area contributed by atoms with Crippen LogP contribution in [0, 0.1) is 6.92 Å². The molecule has 0 fully saturated rings. The second kappa shape index (κ2) is 6.78. The van der Waals surface area contributed by atoms with Gasteiger partial charge in [0.1, 0.15) is 9.56 Å². The second-order valence-electron chi connectivity index (χ2n) is 6.18. The van der Waals surface area contributed by atoms with Crippen molar-refractivity contribution in [2.45, 2.75) is 25.3 Å². The first-order chi connectivity index (χ1) is 12.6. The van der Waals surface area contributed by atoms with Crippen LogP contribution in [0.15, 0.2) is 52.4 Å². The molecule has 1 aliphatic heterocycles. The number of hydrogen-bond acceptors (Lipinski definition) is 5. The van der Waals surface area contributed by atoms with Gasteiger partial charge in [-0.2, -0.15) is 0 Å². The normalized spacial score (nSPS) is 16.3. The van der Waals surface area contributed by atoms with Crippen LogP contribution in [-0.4, -0.2) is 16.6 Å². The molecule has 0 saturated carbocycles. The van der Waals surface area contributed by atoms with E-state index in [4.69, 9.17) is 0 Å². The largest absolute Gasteiger partial charge is 0.337 e. The summed E-state index contributed by atoms with van der Waals surface area (Å²) in [6.07, 6.45) is 5.59. The van der Waals surface area contributed by atoms with Crippen molar-refractivity contribution in [2.75, 3.05) is 11.9 Å². The van der Waals surface area contributed by atoms with Gasteiger partial charge in [0, 0.05) is 30.9 Å². The quantitative estimate of drug-likeness (QED) is 0.684. The topological polar surface area (TPSA) is 38.1 Å². The van der Waals surface area contributed by atoms with Crippen molar-refractivity contribution in [1.29, 1.82) is 0 Å². The van der Waals surface area contributed by atoms with Crippen LogP contribution in [-0.2, 0) is 6.54 Å². The second-order valence-corrected chi connectivity index (χ2v) is 8.24. The number of hydrogen-bond donors (Lipinski definition) is 0. The molecule has 0 spiro atoms.